The molecule has 0 aliphatic carbocycles. The Morgan fingerprint density at radius 3 is 2.78 bits per heavy atom. The number of aromatic amines is 2. The minimum absolute atomic E-state index is 0.0915. The van der Waals surface area contributed by atoms with E-state index in [0.717, 1.165) is 15.6 Å². The Bertz CT molecular complexity index is 1330. The van der Waals surface area contributed by atoms with E-state index in [1.54, 1.807) is 19.3 Å². The molecule has 0 aliphatic heterocycles. The van der Waals surface area contributed by atoms with E-state index in [2.05, 4.69) is 41.2 Å². The Kier molecular flexibility index (Phi) is 6.38. The van der Waals surface area contributed by atoms with E-state index in [9.17, 15) is 9.90 Å². The van der Waals surface area contributed by atoms with Crippen LogP contribution in [0.2, 0.25) is 0 Å². The number of amidine groups is 1. The highest BCUT2D eigenvalue weighted by molar-refractivity contribution is 9.10. The molecule has 6 N–H and O–H groups in total. The SMILES string of the molecule is CN=C(N)c1cc(Br)c2nc(-c3c(N[C@H](CO)Cc4ccccc4)cc[nH]c3=O)[nH]c2c1. The molecule has 0 fully saturated rings. The number of rotatable bonds is 7. The van der Waals surface area contributed by atoms with Crippen molar-refractivity contribution in [1.82, 2.24) is 15.0 Å². The molecule has 32 heavy (non-hydrogen) atoms. The molecule has 2 heterocycles. The minimum atomic E-state index is -0.295. The minimum Gasteiger partial charge on any atom is -0.394 e. The zero-order chi connectivity index (χ0) is 22.7. The lowest BCUT2D eigenvalue weighted by Crippen LogP contribution is -2.28. The summed E-state index contributed by atoms with van der Waals surface area (Å²) in [4.78, 5) is 27.4. The van der Waals surface area contributed by atoms with E-state index in [-0.39, 0.29) is 18.2 Å². The largest absolute Gasteiger partial charge is 0.394 e. The Morgan fingerprint density at radius 2 is 2.06 bits per heavy atom. The lowest BCUT2D eigenvalue weighted by atomic mass is 10.1. The third kappa shape index (κ3) is 4.44. The highest BCUT2D eigenvalue weighted by Gasteiger charge is 2.18. The number of benzene rings is 2. The molecule has 2 aromatic heterocycles. The van der Waals surface area contributed by atoms with Crippen molar-refractivity contribution in [3.05, 3.63) is 80.7 Å². The van der Waals surface area contributed by atoms with Gasteiger partial charge in [0.1, 0.15) is 22.7 Å². The molecule has 0 saturated carbocycles. The van der Waals surface area contributed by atoms with Gasteiger partial charge in [-0.3, -0.25) is 9.79 Å². The van der Waals surface area contributed by atoms with Crippen LogP contribution in [-0.4, -0.2) is 45.6 Å². The number of aromatic nitrogens is 3. The molecule has 4 rings (SSSR count). The molecule has 0 radical (unpaired) electrons. The number of hydrogen-bond donors (Lipinski definition) is 5. The fourth-order valence-electron chi connectivity index (χ4n) is 3.58. The third-order valence-corrected chi connectivity index (χ3v) is 5.78. The van der Waals surface area contributed by atoms with Gasteiger partial charge in [0, 0.05) is 23.3 Å². The van der Waals surface area contributed by atoms with E-state index in [1.807, 2.05) is 42.5 Å². The number of imidazole rings is 1. The first kappa shape index (κ1) is 21.8. The van der Waals surface area contributed by atoms with Crippen LogP contribution in [0.15, 0.2) is 69.0 Å². The average Bonchev–Trinajstić information content (AvgIpc) is 3.23. The van der Waals surface area contributed by atoms with Crippen LogP contribution in [0.25, 0.3) is 22.4 Å². The Balaban J connectivity index is 1.74. The van der Waals surface area contributed by atoms with E-state index >= 15 is 0 Å². The number of H-pyrrole nitrogens is 2. The number of nitrogens with two attached hydrogens (primary N) is 1. The van der Waals surface area contributed by atoms with Gasteiger partial charge >= 0.3 is 0 Å². The zero-order valence-electron chi connectivity index (χ0n) is 17.4. The Labute approximate surface area is 192 Å². The average molecular weight is 495 g/mol. The maximum absolute atomic E-state index is 12.8. The van der Waals surface area contributed by atoms with Crippen LogP contribution in [0.4, 0.5) is 5.69 Å². The monoisotopic (exact) mass is 494 g/mol. The van der Waals surface area contributed by atoms with Crippen molar-refractivity contribution in [3.8, 4) is 11.4 Å². The number of nitrogens with one attached hydrogen (secondary N) is 3. The smallest absolute Gasteiger partial charge is 0.261 e. The molecule has 0 saturated heterocycles. The van der Waals surface area contributed by atoms with Gasteiger partial charge in [0.05, 0.1) is 23.9 Å². The predicted octanol–water partition coefficient (Wildman–Crippen LogP) is 3.03. The van der Waals surface area contributed by atoms with E-state index in [1.165, 1.54) is 0 Å². The van der Waals surface area contributed by atoms with Gasteiger partial charge in [-0.25, -0.2) is 4.98 Å². The number of anilines is 1. The summed E-state index contributed by atoms with van der Waals surface area (Å²) in [5.74, 6) is 0.806. The normalized spacial score (nSPS) is 12.8. The molecule has 0 spiro atoms. The maximum atomic E-state index is 12.8. The summed E-state index contributed by atoms with van der Waals surface area (Å²) in [5.41, 5.74) is 9.82. The van der Waals surface area contributed by atoms with Crippen molar-refractivity contribution in [3.63, 3.8) is 0 Å². The molecule has 9 heteroatoms. The number of aliphatic imine (C=N–C) groups is 1. The summed E-state index contributed by atoms with van der Waals surface area (Å²) in [5, 5.41) is 13.2. The topological polar surface area (TPSA) is 132 Å². The fraction of sp³-hybridized carbons (Fsp3) is 0.174. The van der Waals surface area contributed by atoms with Gasteiger partial charge in [-0.15, -0.1) is 0 Å². The second kappa shape index (κ2) is 9.37. The van der Waals surface area contributed by atoms with Crippen LogP contribution in [0.5, 0.6) is 0 Å². The van der Waals surface area contributed by atoms with Crippen molar-refractivity contribution in [2.45, 2.75) is 12.5 Å². The molecule has 4 aromatic rings. The number of pyridine rings is 1. The second-order valence-electron chi connectivity index (χ2n) is 7.36. The van der Waals surface area contributed by atoms with E-state index in [4.69, 9.17) is 5.73 Å². The fourth-order valence-corrected chi connectivity index (χ4v) is 4.13. The van der Waals surface area contributed by atoms with Crippen LogP contribution in [0.1, 0.15) is 11.1 Å². The lowest BCUT2D eigenvalue weighted by Gasteiger charge is -2.19. The molecule has 164 valence electrons. The first-order valence-corrected chi connectivity index (χ1v) is 10.8. The first-order valence-electron chi connectivity index (χ1n) is 10.1. The molecule has 1 atom stereocenters. The van der Waals surface area contributed by atoms with Gasteiger partial charge in [0.2, 0.25) is 0 Å². The van der Waals surface area contributed by atoms with Gasteiger partial charge in [-0.2, -0.15) is 0 Å². The third-order valence-electron chi connectivity index (χ3n) is 5.18. The van der Waals surface area contributed by atoms with Gasteiger partial charge in [0.25, 0.3) is 5.56 Å². The highest BCUT2D eigenvalue weighted by Crippen LogP contribution is 2.29. The van der Waals surface area contributed by atoms with Crippen LogP contribution < -0.4 is 16.6 Å². The highest BCUT2D eigenvalue weighted by atomic mass is 79.9. The predicted molar refractivity (Wildman–Crippen MR) is 131 cm³/mol. The van der Waals surface area contributed by atoms with E-state index in [0.29, 0.717) is 40.4 Å². The summed E-state index contributed by atoms with van der Waals surface area (Å²) in [7, 11) is 1.63. The Morgan fingerprint density at radius 1 is 1.28 bits per heavy atom. The standard InChI is InChI=1S/C23H23BrN6O2/c1-26-21(25)14-10-16(24)20-18(11-14)29-22(30-20)19-17(7-8-27-23(19)32)28-15(12-31)9-13-5-3-2-4-6-13/h2-8,10-11,15,31H,9,12H2,1H3,(H2,25,26)(H,29,30)(H2,27,28,32)/t15-/m0/s1. The number of hydrogen-bond acceptors (Lipinski definition) is 5. The molecule has 2 aromatic carbocycles. The second-order valence-corrected chi connectivity index (χ2v) is 8.21. The number of aliphatic hydroxyl groups excluding tert-OH is 1. The van der Waals surface area contributed by atoms with E-state index < -0.39 is 0 Å². The summed E-state index contributed by atoms with van der Waals surface area (Å²) < 4.78 is 0.735. The number of fused-ring (bicyclic) bond motifs is 1. The lowest BCUT2D eigenvalue weighted by molar-refractivity contribution is 0.274. The molecule has 0 bridgehead atoms. The van der Waals surface area contributed by atoms with Crippen LogP contribution >= 0.6 is 15.9 Å². The molecule has 0 aliphatic rings. The number of aliphatic hydroxyl groups is 1. The van der Waals surface area contributed by atoms with Crippen molar-refractivity contribution < 1.29 is 5.11 Å². The van der Waals surface area contributed by atoms with Gasteiger partial charge < -0.3 is 26.1 Å². The molecule has 8 nitrogen and oxygen atoms in total. The van der Waals surface area contributed by atoms with Gasteiger partial charge in [-0.05, 0) is 46.1 Å². The summed E-state index contributed by atoms with van der Waals surface area (Å²) >= 11 is 3.53. The number of halogens is 1. The van der Waals surface area contributed by atoms with Crippen LogP contribution in [0.3, 0.4) is 0 Å². The van der Waals surface area contributed by atoms with Gasteiger partial charge in [-0.1, -0.05) is 30.3 Å². The van der Waals surface area contributed by atoms with Crippen LogP contribution in [0, 0.1) is 0 Å². The first-order chi connectivity index (χ1) is 15.5. The summed E-state index contributed by atoms with van der Waals surface area (Å²) in [6.07, 6.45) is 2.18. The van der Waals surface area contributed by atoms with Gasteiger partial charge in [0.15, 0.2) is 0 Å². The zero-order valence-corrected chi connectivity index (χ0v) is 19.0. The van der Waals surface area contributed by atoms with Crippen molar-refractivity contribution in [1.29, 1.82) is 0 Å². The number of nitrogens with zero attached hydrogens (tertiary/aromatic N) is 2. The molecular formula is C23H23BrN6O2. The summed E-state index contributed by atoms with van der Waals surface area (Å²) in [6.45, 7) is -0.0915. The molecule has 0 amide bonds. The quantitative estimate of drug-likeness (QED) is 0.199. The van der Waals surface area contributed by atoms with Crippen LogP contribution in [-0.2, 0) is 6.42 Å². The summed E-state index contributed by atoms with van der Waals surface area (Å²) in [6, 6.07) is 15.0. The van der Waals surface area contributed by atoms with Crippen molar-refractivity contribution in [2.75, 3.05) is 19.0 Å². The maximum Gasteiger partial charge on any atom is 0.261 e. The van der Waals surface area contributed by atoms with Crippen molar-refractivity contribution >= 4 is 38.5 Å². The van der Waals surface area contributed by atoms with Crippen molar-refractivity contribution in [2.24, 2.45) is 10.7 Å². The molecule has 0 unspecified atom stereocenters. The Hall–Kier alpha value is -3.43. The molecular weight excluding hydrogens is 472 g/mol.